The van der Waals surface area contributed by atoms with E-state index in [2.05, 4.69) is 10.2 Å². The van der Waals surface area contributed by atoms with Crippen molar-refractivity contribution >= 4 is 11.9 Å². The lowest BCUT2D eigenvalue weighted by atomic mass is 9.82. The quantitative estimate of drug-likeness (QED) is 0.536. The van der Waals surface area contributed by atoms with Crippen molar-refractivity contribution < 1.29 is 14.7 Å². The van der Waals surface area contributed by atoms with Crippen LogP contribution in [0.15, 0.2) is 12.2 Å². The van der Waals surface area contributed by atoms with Gasteiger partial charge in [-0.05, 0) is 46.3 Å². The molecule has 108 valence electrons. The molecule has 5 nitrogen and oxygen atoms in total. The Morgan fingerprint density at radius 2 is 1.84 bits per heavy atom. The summed E-state index contributed by atoms with van der Waals surface area (Å²) in [5.41, 5.74) is 0. The van der Waals surface area contributed by atoms with Crippen LogP contribution in [0.25, 0.3) is 0 Å². The van der Waals surface area contributed by atoms with Crippen LogP contribution in [0.1, 0.15) is 25.7 Å². The third-order valence-electron chi connectivity index (χ3n) is 3.42. The number of allylic oxidation sites excluding steroid dienone is 2. The molecule has 1 rings (SSSR count). The van der Waals surface area contributed by atoms with Crippen molar-refractivity contribution in [2.24, 2.45) is 11.8 Å². The van der Waals surface area contributed by atoms with Gasteiger partial charge in [0.25, 0.3) is 0 Å². The van der Waals surface area contributed by atoms with Crippen LogP contribution in [0.3, 0.4) is 0 Å². The summed E-state index contributed by atoms with van der Waals surface area (Å²) in [6, 6.07) is 0. The predicted molar refractivity (Wildman–Crippen MR) is 73.8 cm³/mol. The minimum Gasteiger partial charge on any atom is -0.481 e. The van der Waals surface area contributed by atoms with Crippen molar-refractivity contribution in [2.45, 2.75) is 25.7 Å². The van der Waals surface area contributed by atoms with Gasteiger partial charge in [0, 0.05) is 6.54 Å². The second kappa shape index (κ2) is 7.94. The van der Waals surface area contributed by atoms with Crippen LogP contribution in [-0.2, 0) is 9.59 Å². The largest absolute Gasteiger partial charge is 0.481 e. The Balaban J connectivity index is 2.31. The predicted octanol–water partition coefficient (Wildman–Crippen LogP) is 1.11. The average Bonchev–Trinajstić information content (AvgIpc) is 2.37. The molecule has 0 heterocycles. The SMILES string of the molecule is CN(C)CCCCNC(=O)[C@@H]1CC=CC[C@@H]1C(=O)O. The van der Waals surface area contributed by atoms with E-state index in [0.29, 0.717) is 19.4 Å². The van der Waals surface area contributed by atoms with E-state index in [1.54, 1.807) is 0 Å². The van der Waals surface area contributed by atoms with Crippen molar-refractivity contribution in [3.8, 4) is 0 Å². The Morgan fingerprint density at radius 1 is 1.21 bits per heavy atom. The van der Waals surface area contributed by atoms with Gasteiger partial charge < -0.3 is 15.3 Å². The number of carboxylic acids is 1. The van der Waals surface area contributed by atoms with Crippen molar-refractivity contribution in [3.63, 3.8) is 0 Å². The molecule has 0 unspecified atom stereocenters. The fourth-order valence-corrected chi connectivity index (χ4v) is 2.27. The molecule has 0 aromatic carbocycles. The van der Waals surface area contributed by atoms with Gasteiger partial charge in [-0.15, -0.1) is 0 Å². The van der Waals surface area contributed by atoms with E-state index in [1.165, 1.54) is 0 Å². The summed E-state index contributed by atoms with van der Waals surface area (Å²) in [6.07, 6.45) is 6.67. The summed E-state index contributed by atoms with van der Waals surface area (Å²) >= 11 is 0. The number of rotatable bonds is 7. The molecule has 0 saturated carbocycles. The summed E-state index contributed by atoms with van der Waals surface area (Å²) < 4.78 is 0. The molecule has 0 aromatic rings. The molecule has 0 saturated heterocycles. The molecule has 0 fully saturated rings. The molecule has 0 bridgehead atoms. The summed E-state index contributed by atoms with van der Waals surface area (Å²) in [6.45, 7) is 1.62. The van der Waals surface area contributed by atoms with Crippen LogP contribution in [0, 0.1) is 11.8 Å². The van der Waals surface area contributed by atoms with Gasteiger partial charge in [0.1, 0.15) is 0 Å². The smallest absolute Gasteiger partial charge is 0.307 e. The van der Waals surface area contributed by atoms with Gasteiger partial charge in [-0.2, -0.15) is 0 Å². The van der Waals surface area contributed by atoms with E-state index in [9.17, 15) is 9.59 Å². The first-order valence-electron chi connectivity index (χ1n) is 6.82. The summed E-state index contributed by atoms with van der Waals surface area (Å²) in [4.78, 5) is 25.2. The summed E-state index contributed by atoms with van der Waals surface area (Å²) in [5, 5.41) is 12.0. The molecule has 2 atom stereocenters. The van der Waals surface area contributed by atoms with Gasteiger partial charge in [-0.1, -0.05) is 12.2 Å². The van der Waals surface area contributed by atoms with Crippen molar-refractivity contribution in [1.82, 2.24) is 10.2 Å². The molecule has 1 aliphatic carbocycles. The molecule has 1 amide bonds. The van der Waals surface area contributed by atoms with Crippen molar-refractivity contribution in [1.29, 1.82) is 0 Å². The lowest BCUT2D eigenvalue weighted by molar-refractivity contribution is -0.147. The zero-order chi connectivity index (χ0) is 14.3. The maximum Gasteiger partial charge on any atom is 0.307 e. The highest BCUT2D eigenvalue weighted by atomic mass is 16.4. The van der Waals surface area contributed by atoms with Crippen LogP contribution in [0.2, 0.25) is 0 Å². The van der Waals surface area contributed by atoms with Gasteiger partial charge >= 0.3 is 5.97 Å². The zero-order valence-electron chi connectivity index (χ0n) is 11.8. The van der Waals surface area contributed by atoms with Crippen LogP contribution in [0.5, 0.6) is 0 Å². The third kappa shape index (κ3) is 5.42. The monoisotopic (exact) mass is 268 g/mol. The fraction of sp³-hybridized carbons (Fsp3) is 0.714. The highest BCUT2D eigenvalue weighted by Crippen LogP contribution is 2.25. The average molecular weight is 268 g/mol. The van der Waals surface area contributed by atoms with Crippen LogP contribution < -0.4 is 5.32 Å². The number of nitrogens with one attached hydrogen (secondary N) is 1. The summed E-state index contributed by atoms with van der Waals surface area (Å²) in [5.74, 6) is -2.00. The lowest BCUT2D eigenvalue weighted by Crippen LogP contribution is -2.39. The number of hydrogen-bond donors (Lipinski definition) is 2. The number of unbranched alkanes of at least 4 members (excludes halogenated alkanes) is 1. The minimum absolute atomic E-state index is 0.124. The molecular formula is C14H24N2O3. The van der Waals surface area contributed by atoms with E-state index in [1.807, 2.05) is 26.2 Å². The molecule has 0 spiro atoms. The Hall–Kier alpha value is -1.36. The second-order valence-electron chi connectivity index (χ2n) is 5.30. The van der Waals surface area contributed by atoms with Crippen molar-refractivity contribution in [2.75, 3.05) is 27.2 Å². The fourth-order valence-electron chi connectivity index (χ4n) is 2.27. The minimum atomic E-state index is -0.878. The maximum atomic E-state index is 12.0. The number of carbonyl (C=O) groups is 2. The van der Waals surface area contributed by atoms with Gasteiger partial charge in [-0.25, -0.2) is 0 Å². The molecule has 5 heteroatoms. The van der Waals surface area contributed by atoms with Gasteiger partial charge in [-0.3, -0.25) is 9.59 Å². The number of carboxylic acid groups (broad SMARTS) is 1. The standard InChI is InChI=1S/C14H24N2O3/c1-16(2)10-6-5-9-15-13(17)11-7-3-4-8-12(11)14(18)19/h3-4,11-12H,5-10H2,1-2H3,(H,15,17)(H,18,19)/t11-,12+/m1/s1. The molecule has 0 aliphatic heterocycles. The molecule has 0 radical (unpaired) electrons. The first kappa shape index (κ1) is 15.7. The molecule has 2 N–H and O–H groups in total. The number of carbonyl (C=O) groups excluding carboxylic acids is 1. The second-order valence-corrected chi connectivity index (χ2v) is 5.30. The van der Waals surface area contributed by atoms with Crippen molar-refractivity contribution in [3.05, 3.63) is 12.2 Å². The first-order valence-corrected chi connectivity index (χ1v) is 6.82. The molecular weight excluding hydrogens is 244 g/mol. The van der Waals surface area contributed by atoms with Crippen LogP contribution in [0.4, 0.5) is 0 Å². The molecule has 0 aromatic heterocycles. The Labute approximate surface area is 114 Å². The first-order chi connectivity index (χ1) is 9.02. The topological polar surface area (TPSA) is 69.6 Å². The number of aliphatic carboxylic acids is 1. The Morgan fingerprint density at radius 3 is 2.42 bits per heavy atom. The highest BCUT2D eigenvalue weighted by molar-refractivity contribution is 5.85. The molecule has 1 aliphatic rings. The number of nitrogens with zero attached hydrogens (tertiary/aromatic N) is 1. The normalized spacial score (nSPS) is 22.5. The van der Waals surface area contributed by atoms with E-state index in [-0.39, 0.29) is 5.91 Å². The van der Waals surface area contributed by atoms with E-state index in [4.69, 9.17) is 5.11 Å². The highest BCUT2D eigenvalue weighted by Gasteiger charge is 2.33. The summed E-state index contributed by atoms with van der Waals surface area (Å²) in [7, 11) is 4.04. The van der Waals surface area contributed by atoms with E-state index >= 15 is 0 Å². The zero-order valence-corrected chi connectivity index (χ0v) is 11.8. The maximum absolute atomic E-state index is 12.0. The Bertz CT molecular complexity index is 340. The third-order valence-corrected chi connectivity index (χ3v) is 3.42. The van der Waals surface area contributed by atoms with Crippen LogP contribution in [-0.4, -0.2) is 49.1 Å². The van der Waals surface area contributed by atoms with Gasteiger partial charge in [0.05, 0.1) is 11.8 Å². The van der Waals surface area contributed by atoms with Gasteiger partial charge in [0.2, 0.25) is 5.91 Å². The molecule has 19 heavy (non-hydrogen) atoms. The van der Waals surface area contributed by atoms with Gasteiger partial charge in [0.15, 0.2) is 0 Å². The van der Waals surface area contributed by atoms with E-state index < -0.39 is 17.8 Å². The lowest BCUT2D eigenvalue weighted by Gasteiger charge is -2.24. The number of amides is 1. The Kier molecular flexibility index (Phi) is 6.56. The van der Waals surface area contributed by atoms with Crippen LogP contribution >= 0.6 is 0 Å². The number of hydrogen-bond acceptors (Lipinski definition) is 3. The van der Waals surface area contributed by atoms with E-state index in [0.717, 1.165) is 19.4 Å².